The summed E-state index contributed by atoms with van der Waals surface area (Å²) >= 11 is 5.83. The zero-order valence-corrected chi connectivity index (χ0v) is 16.7. The summed E-state index contributed by atoms with van der Waals surface area (Å²) < 4.78 is 11.2. The molecule has 30 heavy (non-hydrogen) atoms. The van der Waals surface area contributed by atoms with Crippen molar-refractivity contribution in [3.8, 4) is 17.2 Å². The largest absolute Gasteiger partial charge is 0.484 e. The molecule has 0 radical (unpaired) electrons. The fourth-order valence-corrected chi connectivity index (χ4v) is 2.91. The maximum atomic E-state index is 12.1. The monoisotopic (exact) mass is 419 g/mol. The van der Waals surface area contributed by atoms with Crippen molar-refractivity contribution in [1.29, 1.82) is 0 Å². The number of nitrogens with zero attached hydrogens (tertiary/aromatic N) is 2. The second-order valence-electron chi connectivity index (χ2n) is 6.53. The van der Waals surface area contributed by atoms with Crippen molar-refractivity contribution >= 4 is 23.2 Å². The summed E-state index contributed by atoms with van der Waals surface area (Å²) in [7, 11) is 0. The van der Waals surface area contributed by atoms with Gasteiger partial charge in [-0.05, 0) is 54.1 Å². The van der Waals surface area contributed by atoms with Crippen LogP contribution in [0.15, 0.2) is 83.3 Å². The van der Waals surface area contributed by atoms with Crippen LogP contribution in [0.1, 0.15) is 11.5 Å². The Morgan fingerprint density at radius 2 is 1.67 bits per heavy atom. The highest BCUT2D eigenvalue weighted by Gasteiger charge is 2.09. The van der Waals surface area contributed by atoms with Gasteiger partial charge in [-0.3, -0.25) is 4.79 Å². The smallest absolute Gasteiger partial charge is 0.262 e. The summed E-state index contributed by atoms with van der Waals surface area (Å²) in [4.78, 5) is 12.1. The first kappa shape index (κ1) is 19.7. The Bertz CT molecular complexity index is 1110. The number of halogens is 1. The summed E-state index contributed by atoms with van der Waals surface area (Å²) in [6.07, 6.45) is 0.508. The molecule has 0 saturated carbocycles. The highest BCUT2D eigenvalue weighted by Crippen LogP contribution is 2.19. The third-order valence-electron chi connectivity index (χ3n) is 4.26. The number of anilines is 1. The number of carbonyl (C=O) groups excluding carboxylic acids is 1. The number of nitrogens with one attached hydrogen (secondary N) is 1. The summed E-state index contributed by atoms with van der Waals surface area (Å²) in [6, 6.07) is 23.9. The van der Waals surface area contributed by atoms with Crippen LogP contribution in [0.5, 0.6) is 5.75 Å². The number of ether oxygens (including phenoxy) is 1. The van der Waals surface area contributed by atoms with Crippen LogP contribution in [0.3, 0.4) is 0 Å². The molecule has 1 N–H and O–H groups in total. The number of aromatic nitrogens is 2. The highest BCUT2D eigenvalue weighted by atomic mass is 35.5. The second kappa shape index (κ2) is 9.24. The summed E-state index contributed by atoms with van der Waals surface area (Å²) in [6.45, 7) is -0.0897. The van der Waals surface area contributed by atoms with Gasteiger partial charge in [-0.25, -0.2) is 0 Å². The molecule has 4 aromatic rings. The van der Waals surface area contributed by atoms with Gasteiger partial charge in [0, 0.05) is 16.3 Å². The van der Waals surface area contributed by atoms with Gasteiger partial charge >= 0.3 is 0 Å². The molecule has 0 saturated heterocycles. The van der Waals surface area contributed by atoms with Crippen LogP contribution in [-0.2, 0) is 11.2 Å². The normalized spacial score (nSPS) is 10.6. The number of carbonyl (C=O) groups is 1. The van der Waals surface area contributed by atoms with Gasteiger partial charge in [-0.1, -0.05) is 41.9 Å². The second-order valence-corrected chi connectivity index (χ2v) is 6.97. The van der Waals surface area contributed by atoms with Crippen LogP contribution < -0.4 is 10.1 Å². The van der Waals surface area contributed by atoms with E-state index >= 15 is 0 Å². The van der Waals surface area contributed by atoms with Gasteiger partial charge in [-0.2, -0.15) is 0 Å². The van der Waals surface area contributed by atoms with Gasteiger partial charge in [0.2, 0.25) is 11.8 Å². The summed E-state index contributed by atoms with van der Waals surface area (Å²) in [5.41, 5.74) is 2.56. The SMILES string of the molecule is O=C(COc1ccc(Cl)cc1)Nc1ccc(Cc2nnc(-c3ccccc3)o2)cc1. The van der Waals surface area contributed by atoms with Crippen LogP contribution in [0.4, 0.5) is 5.69 Å². The zero-order chi connectivity index (χ0) is 20.8. The van der Waals surface area contributed by atoms with Gasteiger partial charge in [0.05, 0.1) is 6.42 Å². The molecule has 0 fully saturated rings. The Morgan fingerprint density at radius 3 is 2.40 bits per heavy atom. The van der Waals surface area contributed by atoms with Crippen molar-refractivity contribution in [3.63, 3.8) is 0 Å². The predicted octanol–water partition coefficient (Wildman–Crippen LogP) is 5.00. The maximum Gasteiger partial charge on any atom is 0.262 e. The average Bonchev–Trinajstić information content (AvgIpc) is 3.24. The van der Waals surface area contributed by atoms with Crippen LogP contribution in [0.25, 0.3) is 11.5 Å². The van der Waals surface area contributed by atoms with Crippen LogP contribution in [-0.4, -0.2) is 22.7 Å². The molecule has 3 aromatic carbocycles. The van der Waals surface area contributed by atoms with Gasteiger partial charge in [0.25, 0.3) is 5.91 Å². The lowest BCUT2D eigenvalue weighted by Crippen LogP contribution is -2.20. The number of benzene rings is 3. The molecule has 0 aliphatic rings. The van der Waals surface area contributed by atoms with E-state index < -0.39 is 0 Å². The molecule has 0 bridgehead atoms. The molecule has 0 spiro atoms. The van der Waals surface area contributed by atoms with Gasteiger partial charge in [0.15, 0.2) is 6.61 Å². The van der Waals surface area contributed by atoms with Gasteiger partial charge in [-0.15, -0.1) is 10.2 Å². The van der Waals surface area contributed by atoms with Crippen molar-refractivity contribution in [1.82, 2.24) is 10.2 Å². The zero-order valence-electron chi connectivity index (χ0n) is 15.9. The quantitative estimate of drug-likeness (QED) is 0.456. The Hall–Kier alpha value is -3.64. The number of amides is 1. The Kier molecular flexibility index (Phi) is 6.06. The molecule has 150 valence electrons. The van der Waals surface area contributed by atoms with E-state index in [-0.39, 0.29) is 12.5 Å². The number of rotatable bonds is 7. The molecule has 6 nitrogen and oxygen atoms in total. The molecule has 1 heterocycles. The van der Waals surface area contributed by atoms with Gasteiger partial charge < -0.3 is 14.5 Å². The lowest BCUT2D eigenvalue weighted by Gasteiger charge is -2.08. The maximum absolute atomic E-state index is 12.1. The summed E-state index contributed by atoms with van der Waals surface area (Å²) in [5, 5.41) is 11.6. The van der Waals surface area contributed by atoms with E-state index in [2.05, 4.69) is 15.5 Å². The van der Waals surface area contributed by atoms with Crippen LogP contribution in [0, 0.1) is 0 Å². The third kappa shape index (κ3) is 5.24. The molecular formula is C23H18ClN3O3. The van der Waals surface area contributed by atoms with Crippen molar-refractivity contribution in [3.05, 3.63) is 95.3 Å². The molecule has 7 heteroatoms. The van der Waals surface area contributed by atoms with E-state index in [1.165, 1.54) is 0 Å². The Balaban J connectivity index is 1.30. The first-order chi connectivity index (χ1) is 14.7. The average molecular weight is 420 g/mol. The van der Waals surface area contributed by atoms with Crippen molar-refractivity contribution in [2.45, 2.75) is 6.42 Å². The minimum absolute atomic E-state index is 0.0897. The topological polar surface area (TPSA) is 77.2 Å². The molecule has 1 amide bonds. The molecule has 0 aliphatic heterocycles. The molecular weight excluding hydrogens is 402 g/mol. The fourth-order valence-electron chi connectivity index (χ4n) is 2.78. The van der Waals surface area contributed by atoms with E-state index in [4.69, 9.17) is 20.8 Å². The lowest BCUT2D eigenvalue weighted by atomic mass is 10.1. The minimum Gasteiger partial charge on any atom is -0.484 e. The van der Waals surface area contributed by atoms with E-state index in [1.807, 2.05) is 54.6 Å². The molecule has 1 aromatic heterocycles. The minimum atomic E-state index is -0.248. The summed E-state index contributed by atoms with van der Waals surface area (Å²) in [5.74, 6) is 1.36. The molecule has 0 aliphatic carbocycles. The van der Waals surface area contributed by atoms with Gasteiger partial charge in [0.1, 0.15) is 5.75 Å². The van der Waals surface area contributed by atoms with Crippen molar-refractivity contribution in [2.24, 2.45) is 0 Å². The molecule has 0 atom stereocenters. The fraction of sp³-hybridized carbons (Fsp3) is 0.0870. The molecule has 0 unspecified atom stereocenters. The van der Waals surface area contributed by atoms with Crippen LogP contribution >= 0.6 is 11.6 Å². The first-order valence-electron chi connectivity index (χ1n) is 9.31. The van der Waals surface area contributed by atoms with Crippen molar-refractivity contribution < 1.29 is 13.9 Å². The van der Waals surface area contributed by atoms with E-state index in [9.17, 15) is 4.79 Å². The lowest BCUT2D eigenvalue weighted by molar-refractivity contribution is -0.118. The van der Waals surface area contributed by atoms with E-state index in [0.717, 1.165) is 11.1 Å². The third-order valence-corrected chi connectivity index (χ3v) is 4.52. The number of hydrogen-bond acceptors (Lipinski definition) is 5. The van der Waals surface area contributed by atoms with E-state index in [0.29, 0.717) is 34.7 Å². The Morgan fingerprint density at radius 1 is 0.933 bits per heavy atom. The first-order valence-corrected chi connectivity index (χ1v) is 9.68. The van der Waals surface area contributed by atoms with E-state index in [1.54, 1.807) is 24.3 Å². The van der Waals surface area contributed by atoms with Crippen molar-refractivity contribution in [2.75, 3.05) is 11.9 Å². The molecule has 4 rings (SSSR count). The highest BCUT2D eigenvalue weighted by molar-refractivity contribution is 6.30. The predicted molar refractivity (Wildman–Crippen MR) is 115 cm³/mol. The Labute approximate surface area is 178 Å². The standard InChI is InChI=1S/C23H18ClN3O3/c24-18-8-12-20(13-9-18)29-15-21(28)25-19-10-6-16(7-11-19)14-22-26-27-23(30-22)17-4-2-1-3-5-17/h1-13H,14-15H2,(H,25,28). The van der Waals surface area contributed by atoms with Crippen LogP contribution in [0.2, 0.25) is 5.02 Å². The number of hydrogen-bond donors (Lipinski definition) is 1.